The van der Waals surface area contributed by atoms with E-state index in [9.17, 15) is 0 Å². The number of halogens is 1. The molecule has 2 rings (SSSR count). The SMILES string of the molecule is Cc1ccc(Cl)cc1Nc1cc(C#N)ccn1. The third kappa shape index (κ3) is 2.74. The molecule has 0 saturated heterocycles. The van der Waals surface area contributed by atoms with Gasteiger partial charge in [-0.25, -0.2) is 4.98 Å². The molecule has 1 N–H and O–H groups in total. The van der Waals surface area contributed by atoms with Gasteiger partial charge in [-0.2, -0.15) is 5.26 Å². The fraction of sp³-hybridized carbons (Fsp3) is 0.0769. The first-order chi connectivity index (χ1) is 8.19. The highest BCUT2D eigenvalue weighted by atomic mass is 35.5. The van der Waals surface area contributed by atoms with Crippen molar-refractivity contribution in [2.24, 2.45) is 0 Å². The van der Waals surface area contributed by atoms with E-state index in [0.29, 0.717) is 16.4 Å². The molecule has 0 bridgehead atoms. The Bertz CT molecular complexity index is 587. The average molecular weight is 244 g/mol. The van der Waals surface area contributed by atoms with Crippen molar-refractivity contribution in [3.05, 3.63) is 52.7 Å². The number of hydrogen-bond acceptors (Lipinski definition) is 3. The molecule has 4 heteroatoms. The predicted octanol–water partition coefficient (Wildman–Crippen LogP) is 3.66. The van der Waals surface area contributed by atoms with E-state index < -0.39 is 0 Å². The zero-order valence-corrected chi connectivity index (χ0v) is 9.99. The smallest absolute Gasteiger partial charge is 0.131 e. The lowest BCUT2D eigenvalue weighted by Gasteiger charge is -2.09. The molecule has 0 aliphatic carbocycles. The number of pyridine rings is 1. The number of anilines is 2. The van der Waals surface area contributed by atoms with E-state index in [1.165, 1.54) is 0 Å². The molecular weight excluding hydrogens is 234 g/mol. The van der Waals surface area contributed by atoms with Crippen LogP contribution < -0.4 is 5.32 Å². The summed E-state index contributed by atoms with van der Waals surface area (Å²) in [6.45, 7) is 1.98. The summed E-state index contributed by atoms with van der Waals surface area (Å²) < 4.78 is 0. The lowest BCUT2D eigenvalue weighted by molar-refractivity contribution is 1.28. The number of aryl methyl sites for hydroxylation is 1. The van der Waals surface area contributed by atoms with Crippen molar-refractivity contribution in [2.45, 2.75) is 6.92 Å². The van der Waals surface area contributed by atoms with E-state index in [4.69, 9.17) is 16.9 Å². The minimum Gasteiger partial charge on any atom is -0.340 e. The molecule has 0 aliphatic rings. The van der Waals surface area contributed by atoms with Gasteiger partial charge in [0, 0.05) is 16.9 Å². The van der Waals surface area contributed by atoms with Crippen LogP contribution in [0, 0.1) is 18.3 Å². The first-order valence-corrected chi connectivity index (χ1v) is 5.46. The molecule has 0 atom stereocenters. The molecule has 0 fully saturated rings. The van der Waals surface area contributed by atoms with Crippen LogP contribution in [0.3, 0.4) is 0 Å². The van der Waals surface area contributed by atoms with Gasteiger partial charge in [0.25, 0.3) is 0 Å². The molecular formula is C13H10ClN3. The van der Waals surface area contributed by atoms with Crippen LogP contribution in [-0.2, 0) is 0 Å². The quantitative estimate of drug-likeness (QED) is 0.876. The van der Waals surface area contributed by atoms with Gasteiger partial charge in [-0.3, -0.25) is 0 Å². The van der Waals surface area contributed by atoms with Crippen LogP contribution in [0.4, 0.5) is 11.5 Å². The van der Waals surface area contributed by atoms with Crippen LogP contribution in [-0.4, -0.2) is 4.98 Å². The van der Waals surface area contributed by atoms with Crippen molar-refractivity contribution in [1.82, 2.24) is 4.98 Å². The van der Waals surface area contributed by atoms with Gasteiger partial charge in [-0.15, -0.1) is 0 Å². The first kappa shape index (κ1) is 11.4. The second-order valence-corrected chi connectivity index (χ2v) is 4.06. The first-order valence-electron chi connectivity index (χ1n) is 5.08. The molecule has 84 valence electrons. The fourth-order valence-electron chi connectivity index (χ4n) is 1.44. The van der Waals surface area contributed by atoms with Crippen molar-refractivity contribution in [3.63, 3.8) is 0 Å². The Hall–Kier alpha value is -2.05. The molecule has 0 saturated carbocycles. The fourth-order valence-corrected chi connectivity index (χ4v) is 1.61. The van der Waals surface area contributed by atoms with Gasteiger partial charge in [0.1, 0.15) is 5.82 Å². The summed E-state index contributed by atoms with van der Waals surface area (Å²) in [7, 11) is 0. The molecule has 1 aromatic carbocycles. The van der Waals surface area contributed by atoms with E-state index in [0.717, 1.165) is 11.3 Å². The molecule has 1 heterocycles. The number of nitriles is 1. The highest BCUT2D eigenvalue weighted by Gasteiger charge is 2.01. The molecule has 0 amide bonds. The van der Waals surface area contributed by atoms with Crippen LogP contribution in [0.25, 0.3) is 0 Å². The zero-order chi connectivity index (χ0) is 12.3. The van der Waals surface area contributed by atoms with E-state index in [2.05, 4.69) is 16.4 Å². The van der Waals surface area contributed by atoms with Gasteiger partial charge >= 0.3 is 0 Å². The summed E-state index contributed by atoms with van der Waals surface area (Å²) in [5.74, 6) is 0.634. The monoisotopic (exact) mass is 243 g/mol. The molecule has 0 radical (unpaired) electrons. The normalized spacial score (nSPS) is 9.71. The lowest BCUT2D eigenvalue weighted by Crippen LogP contribution is -1.95. The summed E-state index contributed by atoms with van der Waals surface area (Å²) in [6.07, 6.45) is 1.60. The van der Waals surface area contributed by atoms with Gasteiger partial charge in [-0.05, 0) is 36.8 Å². The Morgan fingerprint density at radius 3 is 2.88 bits per heavy atom. The lowest BCUT2D eigenvalue weighted by atomic mass is 10.2. The maximum absolute atomic E-state index is 8.80. The summed E-state index contributed by atoms with van der Waals surface area (Å²) in [5.41, 5.74) is 2.53. The third-order valence-corrected chi connectivity index (χ3v) is 2.59. The number of hydrogen-bond donors (Lipinski definition) is 1. The maximum Gasteiger partial charge on any atom is 0.131 e. The number of aromatic nitrogens is 1. The van der Waals surface area contributed by atoms with Gasteiger partial charge < -0.3 is 5.32 Å². The second-order valence-electron chi connectivity index (χ2n) is 3.63. The summed E-state index contributed by atoms with van der Waals surface area (Å²) in [5, 5.41) is 12.6. The van der Waals surface area contributed by atoms with Gasteiger partial charge in [0.2, 0.25) is 0 Å². The Morgan fingerprint density at radius 1 is 1.29 bits per heavy atom. The molecule has 0 aliphatic heterocycles. The van der Waals surface area contributed by atoms with Gasteiger partial charge in [0.15, 0.2) is 0 Å². The molecule has 0 unspecified atom stereocenters. The predicted molar refractivity (Wildman–Crippen MR) is 68.4 cm³/mol. The average Bonchev–Trinajstić information content (AvgIpc) is 2.34. The van der Waals surface area contributed by atoms with Crippen molar-refractivity contribution < 1.29 is 0 Å². The summed E-state index contributed by atoms with van der Waals surface area (Å²) >= 11 is 5.93. The van der Waals surface area contributed by atoms with E-state index >= 15 is 0 Å². The van der Waals surface area contributed by atoms with Crippen LogP contribution in [0.15, 0.2) is 36.5 Å². The van der Waals surface area contributed by atoms with E-state index in [1.807, 2.05) is 25.1 Å². The Kier molecular flexibility index (Phi) is 3.27. The molecule has 17 heavy (non-hydrogen) atoms. The van der Waals surface area contributed by atoms with Crippen molar-refractivity contribution in [2.75, 3.05) is 5.32 Å². The molecule has 1 aromatic heterocycles. The second kappa shape index (κ2) is 4.86. The zero-order valence-electron chi connectivity index (χ0n) is 9.24. The summed E-state index contributed by atoms with van der Waals surface area (Å²) in [4.78, 5) is 4.15. The van der Waals surface area contributed by atoms with Gasteiger partial charge in [0.05, 0.1) is 11.6 Å². The van der Waals surface area contributed by atoms with Crippen LogP contribution >= 0.6 is 11.6 Å². The molecule has 2 aromatic rings. The number of nitrogens with one attached hydrogen (secondary N) is 1. The van der Waals surface area contributed by atoms with E-state index in [1.54, 1.807) is 18.3 Å². The largest absolute Gasteiger partial charge is 0.340 e. The van der Waals surface area contributed by atoms with Crippen LogP contribution in [0.1, 0.15) is 11.1 Å². The minimum absolute atomic E-state index is 0.571. The highest BCUT2D eigenvalue weighted by Crippen LogP contribution is 2.23. The Morgan fingerprint density at radius 2 is 2.12 bits per heavy atom. The molecule has 0 spiro atoms. The van der Waals surface area contributed by atoms with Crippen molar-refractivity contribution >= 4 is 23.1 Å². The number of benzene rings is 1. The third-order valence-electron chi connectivity index (χ3n) is 2.35. The van der Waals surface area contributed by atoms with Crippen molar-refractivity contribution in [3.8, 4) is 6.07 Å². The van der Waals surface area contributed by atoms with Crippen LogP contribution in [0.2, 0.25) is 5.02 Å². The summed E-state index contributed by atoms with van der Waals surface area (Å²) in [6, 6.07) is 11.0. The highest BCUT2D eigenvalue weighted by molar-refractivity contribution is 6.30. The van der Waals surface area contributed by atoms with Gasteiger partial charge in [-0.1, -0.05) is 17.7 Å². The standard InChI is InChI=1S/C13H10ClN3/c1-9-2-3-11(14)7-12(9)17-13-6-10(8-15)4-5-16-13/h2-7H,1H3,(H,16,17). The van der Waals surface area contributed by atoms with E-state index in [-0.39, 0.29) is 0 Å². The minimum atomic E-state index is 0.571. The Balaban J connectivity index is 2.31. The molecule has 3 nitrogen and oxygen atoms in total. The van der Waals surface area contributed by atoms with Crippen molar-refractivity contribution in [1.29, 1.82) is 5.26 Å². The maximum atomic E-state index is 8.80. The number of rotatable bonds is 2. The topological polar surface area (TPSA) is 48.7 Å². The number of nitrogens with zero attached hydrogens (tertiary/aromatic N) is 2. The van der Waals surface area contributed by atoms with Crippen LogP contribution in [0.5, 0.6) is 0 Å². The Labute approximate surface area is 105 Å².